The highest BCUT2D eigenvalue weighted by Gasteiger charge is 2.24. The third kappa shape index (κ3) is 1.93. The average Bonchev–Trinajstić information content (AvgIpc) is 3.16. The van der Waals surface area contributed by atoms with E-state index < -0.39 is 0 Å². The van der Waals surface area contributed by atoms with Crippen LogP contribution in [-0.4, -0.2) is 9.78 Å². The van der Waals surface area contributed by atoms with Crippen molar-refractivity contribution < 1.29 is 0 Å². The van der Waals surface area contributed by atoms with Crippen molar-refractivity contribution in [1.82, 2.24) is 9.78 Å². The van der Waals surface area contributed by atoms with Gasteiger partial charge in [0.1, 0.15) is 0 Å². The largest absolute Gasteiger partial charge is 0.241 e. The molecule has 0 saturated heterocycles. The standard InChI is InChI=1S/C17H16N2/c1-12-2-3-13-6-7-17(9-15(13)8-12)19-11-16(10-18-19)14-4-5-14/h2-3,6-11,14H,4-5H2,1H3. The van der Waals surface area contributed by atoms with Gasteiger partial charge in [0.2, 0.25) is 0 Å². The summed E-state index contributed by atoms with van der Waals surface area (Å²) in [6, 6.07) is 13.1. The Bertz CT molecular complexity index is 751. The van der Waals surface area contributed by atoms with E-state index in [9.17, 15) is 0 Å². The normalized spacial score (nSPS) is 15.0. The molecule has 1 aliphatic rings. The highest BCUT2D eigenvalue weighted by molar-refractivity contribution is 5.85. The van der Waals surface area contributed by atoms with E-state index in [2.05, 4.69) is 54.6 Å². The molecule has 0 atom stereocenters. The van der Waals surface area contributed by atoms with E-state index in [4.69, 9.17) is 0 Å². The first-order valence-corrected chi connectivity index (χ1v) is 6.85. The SMILES string of the molecule is Cc1ccc2ccc(-n3cc(C4CC4)cn3)cc2c1. The molecule has 1 saturated carbocycles. The Balaban J connectivity index is 1.80. The van der Waals surface area contributed by atoms with Gasteiger partial charge in [-0.2, -0.15) is 5.10 Å². The van der Waals surface area contributed by atoms with Crippen molar-refractivity contribution in [2.24, 2.45) is 0 Å². The summed E-state index contributed by atoms with van der Waals surface area (Å²) in [6.45, 7) is 2.13. The van der Waals surface area contributed by atoms with Crippen LogP contribution in [0.5, 0.6) is 0 Å². The summed E-state index contributed by atoms with van der Waals surface area (Å²) in [4.78, 5) is 0. The molecule has 4 rings (SSSR count). The van der Waals surface area contributed by atoms with Gasteiger partial charge in [0.15, 0.2) is 0 Å². The third-order valence-corrected chi connectivity index (χ3v) is 3.90. The van der Waals surface area contributed by atoms with Crippen LogP contribution in [0.2, 0.25) is 0 Å². The summed E-state index contributed by atoms with van der Waals surface area (Å²) < 4.78 is 2.00. The number of benzene rings is 2. The van der Waals surface area contributed by atoms with Gasteiger partial charge in [-0.3, -0.25) is 0 Å². The van der Waals surface area contributed by atoms with Crippen molar-refractivity contribution in [2.45, 2.75) is 25.7 Å². The highest BCUT2D eigenvalue weighted by atomic mass is 15.3. The van der Waals surface area contributed by atoms with Gasteiger partial charge in [-0.15, -0.1) is 0 Å². The van der Waals surface area contributed by atoms with Gasteiger partial charge in [-0.25, -0.2) is 4.68 Å². The molecule has 2 heteroatoms. The van der Waals surface area contributed by atoms with E-state index in [1.165, 1.54) is 34.7 Å². The molecule has 0 aliphatic heterocycles. The maximum atomic E-state index is 4.49. The molecule has 1 aliphatic carbocycles. The van der Waals surface area contributed by atoms with Gasteiger partial charge in [0.25, 0.3) is 0 Å². The number of hydrogen-bond donors (Lipinski definition) is 0. The lowest BCUT2D eigenvalue weighted by Crippen LogP contribution is -1.93. The van der Waals surface area contributed by atoms with Crippen LogP contribution in [0, 0.1) is 6.92 Å². The lowest BCUT2D eigenvalue weighted by Gasteiger charge is -2.04. The average molecular weight is 248 g/mol. The van der Waals surface area contributed by atoms with Gasteiger partial charge < -0.3 is 0 Å². The molecule has 3 aromatic rings. The zero-order valence-corrected chi connectivity index (χ0v) is 11.0. The van der Waals surface area contributed by atoms with Crippen LogP contribution in [0.1, 0.15) is 29.9 Å². The molecule has 1 heterocycles. The molecule has 94 valence electrons. The Hall–Kier alpha value is -2.09. The molecule has 19 heavy (non-hydrogen) atoms. The van der Waals surface area contributed by atoms with Crippen molar-refractivity contribution in [1.29, 1.82) is 0 Å². The number of nitrogens with zero attached hydrogens (tertiary/aromatic N) is 2. The maximum absolute atomic E-state index is 4.49. The van der Waals surface area contributed by atoms with Crippen LogP contribution in [0.15, 0.2) is 48.8 Å². The predicted octanol–water partition coefficient (Wildman–Crippen LogP) is 4.21. The second-order valence-electron chi connectivity index (χ2n) is 5.53. The Morgan fingerprint density at radius 2 is 1.89 bits per heavy atom. The fraction of sp³-hybridized carbons (Fsp3) is 0.235. The second-order valence-corrected chi connectivity index (χ2v) is 5.53. The van der Waals surface area contributed by atoms with Crippen LogP contribution in [-0.2, 0) is 0 Å². The fourth-order valence-corrected chi connectivity index (χ4v) is 2.60. The number of rotatable bonds is 2. The minimum absolute atomic E-state index is 0.761. The first-order chi connectivity index (χ1) is 9.29. The Morgan fingerprint density at radius 1 is 1.05 bits per heavy atom. The molecule has 0 unspecified atom stereocenters. The number of fused-ring (bicyclic) bond motifs is 1. The van der Waals surface area contributed by atoms with Crippen molar-refractivity contribution in [3.63, 3.8) is 0 Å². The lowest BCUT2D eigenvalue weighted by atomic mass is 10.1. The first kappa shape index (κ1) is 10.8. The van der Waals surface area contributed by atoms with E-state index in [-0.39, 0.29) is 0 Å². The van der Waals surface area contributed by atoms with E-state index >= 15 is 0 Å². The van der Waals surface area contributed by atoms with Gasteiger partial charge in [0, 0.05) is 6.20 Å². The number of aromatic nitrogens is 2. The molecule has 2 nitrogen and oxygen atoms in total. The summed E-state index contributed by atoms with van der Waals surface area (Å²) in [5.41, 5.74) is 3.82. The Morgan fingerprint density at radius 3 is 2.74 bits per heavy atom. The molecule has 0 amide bonds. The number of aryl methyl sites for hydroxylation is 1. The van der Waals surface area contributed by atoms with Crippen molar-refractivity contribution in [3.05, 3.63) is 59.9 Å². The summed E-state index contributed by atoms with van der Waals surface area (Å²) >= 11 is 0. The van der Waals surface area contributed by atoms with Crippen molar-refractivity contribution in [3.8, 4) is 5.69 Å². The zero-order chi connectivity index (χ0) is 12.8. The molecular formula is C17H16N2. The maximum Gasteiger partial charge on any atom is 0.0652 e. The molecule has 1 fully saturated rings. The van der Waals surface area contributed by atoms with E-state index in [1.807, 2.05) is 10.9 Å². The summed E-state index contributed by atoms with van der Waals surface area (Å²) in [5.74, 6) is 0.761. The van der Waals surface area contributed by atoms with Crippen LogP contribution in [0.25, 0.3) is 16.5 Å². The van der Waals surface area contributed by atoms with Gasteiger partial charge in [-0.05, 0) is 54.2 Å². The lowest BCUT2D eigenvalue weighted by molar-refractivity contribution is 0.881. The minimum atomic E-state index is 0.761. The van der Waals surface area contributed by atoms with E-state index in [0.29, 0.717) is 0 Å². The second kappa shape index (κ2) is 3.95. The summed E-state index contributed by atoms with van der Waals surface area (Å²) in [5, 5.41) is 7.05. The van der Waals surface area contributed by atoms with E-state index in [0.717, 1.165) is 11.6 Å². The van der Waals surface area contributed by atoms with Crippen molar-refractivity contribution >= 4 is 10.8 Å². The Labute approximate surface area is 112 Å². The summed E-state index contributed by atoms with van der Waals surface area (Å²) in [6.07, 6.45) is 6.83. The molecule has 0 radical (unpaired) electrons. The monoisotopic (exact) mass is 248 g/mol. The number of hydrogen-bond acceptors (Lipinski definition) is 1. The van der Waals surface area contributed by atoms with Crippen LogP contribution in [0.4, 0.5) is 0 Å². The van der Waals surface area contributed by atoms with E-state index in [1.54, 1.807) is 0 Å². The molecule has 2 aromatic carbocycles. The van der Waals surface area contributed by atoms with Crippen LogP contribution in [0.3, 0.4) is 0 Å². The van der Waals surface area contributed by atoms with Crippen molar-refractivity contribution in [2.75, 3.05) is 0 Å². The fourth-order valence-electron chi connectivity index (χ4n) is 2.60. The summed E-state index contributed by atoms with van der Waals surface area (Å²) in [7, 11) is 0. The van der Waals surface area contributed by atoms with Gasteiger partial charge >= 0.3 is 0 Å². The van der Waals surface area contributed by atoms with Crippen LogP contribution >= 0.6 is 0 Å². The molecular weight excluding hydrogens is 232 g/mol. The molecule has 0 bridgehead atoms. The molecule has 0 spiro atoms. The topological polar surface area (TPSA) is 17.8 Å². The quantitative estimate of drug-likeness (QED) is 0.664. The van der Waals surface area contributed by atoms with Crippen LogP contribution < -0.4 is 0 Å². The van der Waals surface area contributed by atoms with Gasteiger partial charge in [-0.1, -0.05) is 29.8 Å². The predicted molar refractivity (Wildman–Crippen MR) is 77.8 cm³/mol. The highest BCUT2D eigenvalue weighted by Crippen LogP contribution is 2.39. The van der Waals surface area contributed by atoms with Gasteiger partial charge in [0.05, 0.1) is 11.9 Å². The Kier molecular flexibility index (Phi) is 2.25. The molecule has 0 N–H and O–H groups in total. The first-order valence-electron chi connectivity index (χ1n) is 6.85. The molecule has 1 aromatic heterocycles. The smallest absolute Gasteiger partial charge is 0.0652 e. The third-order valence-electron chi connectivity index (χ3n) is 3.90. The minimum Gasteiger partial charge on any atom is -0.241 e. The zero-order valence-electron chi connectivity index (χ0n) is 11.0.